The largest absolute Gasteiger partial charge is 0.486 e. The molecule has 1 aromatic heterocycles. The number of nitrogens with one attached hydrogen (secondary N) is 2. The highest BCUT2D eigenvalue weighted by Gasteiger charge is 2.14. The lowest BCUT2D eigenvalue weighted by molar-refractivity contribution is 0.102. The van der Waals surface area contributed by atoms with Crippen molar-refractivity contribution in [2.24, 2.45) is 0 Å². The van der Waals surface area contributed by atoms with E-state index in [4.69, 9.17) is 9.47 Å². The minimum Gasteiger partial charge on any atom is -0.486 e. The van der Waals surface area contributed by atoms with Crippen LogP contribution in [0.3, 0.4) is 0 Å². The van der Waals surface area contributed by atoms with Crippen molar-refractivity contribution in [1.82, 2.24) is 4.98 Å². The van der Waals surface area contributed by atoms with Gasteiger partial charge in [0, 0.05) is 23.6 Å². The Morgan fingerprint density at radius 3 is 2.38 bits per heavy atom. The van der Waals surface area contributed by atoms with Crippen molar-refractivity contribution in [1.29, 1.82) is 0 Å². The lowest BCUT2D eigenvalue weighted by Gasteiger charge is -2.19. The lowest BCUT2D eigenvalue weighted by atomic mass is 10.0. The van der Waals surface area contributed by atoms with Crippen LogP contribution in [0.15, 0.2) is 60.9 Å². The van der Waals surface area contributed by atoms with Crippen molar-refractivity contribution < 1.29 is 14.3 Å². The average Bonchev–Trinajstić information content (AvgIpc) is 2.74. The van der Waals surface area contributed by atoms with Crippen LogP contribution in [0, 0.1) is 0 Å². The van der Waals surface area contributed by atoms with Crippen LogP contribution in [0.4, 0.5) is 17.1 Å². The predicted molar refractivity (Wildman–Crippen MR) is 113 cm³/mol. The molecule has 148 valence electrons. The second-order valence-corrected chi connectivity index (χ2v) is 7.18. The Kier molecular flexibility index (Phi) is 5.33. The van der Waals surface area contributed by atoms with Crippen LogP contribution in [-0.4, -0.2) is 24.1 Å². The maximum Gasteiger partial charge on any atom is 0.257 e. The zero-order chi connectivity index (χ0) is 20.2. The predicted octanol–water partition coefficient (Wildman–Crippen LogP) is 4.97. The summed E-state index contributed by atoms with van der Waals surface area (Å²) in [4.78, 5) is 16.8. The molecule has 0 bridgehead atoms. The van der Waals surface area contributed by atoms with E-state index in [0.717, 1.165) is 11.4 Å². The molecule has 2 N–H and O–H groups in total. The molecule has 0 atom stereocenters. The summed E-state index contributed by atoms with van der Waals surface area (Å²) in [5.41, 5.74) is 4.07. The molecule has 0 unspecified atom stereocenters. The molecule has 0 fully saturated rings. The highest BCUT2D eigenvalue weighted by atomic mass is 16.6. The third kappa shape index (κ3) is 4.48. The molecule has 1 aliphatic rings. The van der Waals surface area contributed by atoms with Crippen LogP contribution in [0.25, 0.3) is 0 Å². The Balaban J connectivity index is 1.45. The standard InChI is InChI=1S/C23H23N3O3/c1-15(2)16-3-5-18(6-4-16)25-20-11-17(13-24-14-20)23(27)26-19-7-8-21-22(12-19)29-10-9-28-21/h3-8,11-15,25H,9-10H2,1-2H3,(H,26,27). The SMILES string of the molecule is CC(C)c1ccc(Nc2cncc(C(=O)Nc3ccc4c(c3)OCCO4)c2)cc1. The molecule has 29 heavy (non-hydrogen) atoms. The zero-order valence-corrected chi connectivity index (χ0v) is 16.4. The Morgan fingerprint density at radius 2 is 1.62 bits per heavy atom. The van der Waals surface area contributed by atoms with Crippen LogP contribution in [0.2, 0.25) is 0 Å². The van der Waals surface area contributed by atoms with Gasteiger partial charge < -0.3 is 20.1 Å². The number of hydrogen-bond donors (Lipinski definition) is 2. The van der Waals surface area contributed by atoms with Gasteiger partial charge in [-0.15, -0.1) is 0 Å². The molecule has 1 aliphatic heterocycles. The first-order valence-electron chi connectivity index (χ1n) is 9.61. The fourth-order valence-electron chi connectivity index (χ4n) is 3.07. The molecule has 0 saturated heterocycles. The van der Waals surface area contributed by atoms with Gasteiger partial charge in [-0.05, 0) is 41.8 Å². The molecule has 0 spiro atoms. The molecule has 0 radical (unpaired) electrons. The first-order valence-corrected chi connectivity index (χ1v) is 9.61. The van der Waals surface area contributed by atoms with Crippen LogP contribution in [0.1, 0.15) is 35.7 Å². The van der Waals surface area contributed by atoms with E-state index in [1.807, 2.05) is 12.1 Å². The molecular formula is C23H23N3O3. The number of fused-ring (bicyclic) bond motifs is 1. The number of carbonyl (C=O) groups is 1. The van der Waals surface area contributed by atoms with Gasteiger partial charge >= 0.3 is 0 Å². The molecule has 6 nitrogen and oxygen atoms in total. The number of aromatic nitrogens is 1. The average molecular weight is 389 g/mol. The quantitative estimate of drug-likeness (QED) is 0.644. The second kappa shape index (κ2) is 8.22. The van der Waals surface area contributed by atoms with Crippen LogP contribution >= 0.6 is 0 Å². The molecule has 3 aromatic rings. The van der Waals surface area contributed by atoms with Gasteiger partial charge in [0.1, 0.15) is 13.2 Å². The van der Waals surface area contributed by atoms with Crippen LogP contribution in [0.5, 0.6) is 11.5 Å². The summed E-state index contributed by atoms with van der Waals surface area (Å²) in [5.74, 6) is 1.56. The zero-order valence-electron chi connectivity index (χ0n) is 16.4. The number of pyridine rings is 1. The summed E-state index contributed by atoms with van der Waals surface area (Å²) in [5, 5.41) is 6.17. The van der Waals surface area contributed by atoms with E-state index in [0.29, 0.717) is 41.9 Å². The minimum absolute atomic E-state index is 0.243. The van der Waals surface area contributed by atoms with Gasteiger partial charge in [-0.3, -0.25) is 9.78 Å². The maximum atomic E-state index is 12.7. The summed E-state index contributed by atoms with van der Waals surface area (Å²) in [6, 6.07) is 15.4. The first-order chi connectivity index (χ1) is 14.1. The topological polar surface area (TPSA) is 72.5 Å². The first kappa shape index (κ1) is 18.8. The summed E-state index contributed by atoms with van der Waals surface area (Å²) >= 11 is 0. The number of benzene rings is 2. The van der Waals surface area contributed by atoms with Crippen molar-refractivity contribution in [3.63, 3.8) is 0 Å². The van der Waals surface area contributed by atoms with Gasteiger partial charge in [-0.25, -0.2) is 0 Å². The number of nitrogens with zero attached hydrogens (tertiary/aromatic N) is 1. The van der Waals surface area contributed by atoms with Gasteiger partial charge in [-0.1, -0.05) is 26.0 Å². The molecule has 0 saturated carbocycles. The van der Waals surface area contributed by atoms with E-state index < -0.39 is 0 Å². The van der Waals surface area contributed by atoms with Crippen molar-refractivity contribution in [2.75, 3.05) is 23.8 Å². The van der Waals surface area contributed by atoms with E-state index in [1.54, 1.807) is 36.7 Å². The minimum atomic E-state index is -0.243. The van der Waals surface area contributed by atoms with Crippen molar-refractivity contribution in [3.05, 3.63) is 72.1 Å². The van der Waals surface area contributed by atoms with Gasteiger partial charge in [0.2, 0.25) is 0 Å². The number of hydrogen-bond acceptors (Lipinski definition) is 5. The number of amides is 1. The van der Waals surface area contributed by atoms with E-state index in [2.05, 4.69) is 41.6 Å². The Bertz CT molecular complexity index is 1020. The van der Waals surface area contributed by atoms with E-state index in [1.165, 1.54) is 5.56 Å². The monoisotopic (exact) mass is 389 g/mol. The van der Waals surface area contributed by atoms with E-state index >= 15 is 0 Å². The molecule has 4 rings (SSSR count). The highest BCUT2D eigenvalue weighted by molar-refractivity contribution is 6.04. The Hall–Kier alpha value is -3.54. The smallest absolute Gasteiger partial charge is 0.257 e. The normalized spacial score (nSPS) is 12.5. The number of anilines is 3. The number of ether oxygens (including phenoxy) is 2. The molecule has 2 aromatic carbocycles. The molecule has 1 amide bonds. The van der Waals surface area contributed by atoms with Crippen molar-refractivity contribution in [3.8, 4) is 11.5 Å². The van der Waals surface area contributed by atoms with Gasteiger partial charge in [0.05, 0.1) is 17.4 Å². The molecule has 6 heteroatoms. The number of rotatable bonds is 5. The summed E-state index contributed by atoms with van der Waals surface area (Å²) < 4.78 is 11.1. The third-order valence-corrected chi connectivity index (χ3v) is 4.67. The second-order valence-electron chi connectivity index (χ2n) is 7.18. The Morgan fingerprint density at radius 1 is 0.897 bits per heavy atom. The summed E-state index contributed by atoms with van der Waals surface area (Å²) in [6.45, 7) is 5.36. The van der Waals surface area contributed by atoms with E-state index in [9.17, 15) is 4.79 Å². The lowest BCUT2D eigenvalue weighted by Crippen LogP contribution is -2.16. The van der Waals surface area contributed by atoms with Crippen LogP contribution in [-0.2, 0) is 0 Å². The Labute approximate surface area is 169 Å². The van der Waals surface area contributed by atoms with Crippen molar-refractivity contribution in [2.45, 2.75) is 19.8 Å². The van der Waals surface area contributed by atoms with E-state index in [-0.39, 0.29) is 5.91 Å². The summed E-state index contributed by atoms with van der Waals surface area (Å²) in [7, 11) is 0. The fourth-order valence-corrected chi connectivity index (χ4v) is 3.07. The maximum absolute atomic E-state index is 12.7. The number of carbonyl (C=O) groups excluding carboxylic acids is 1. The molecule has 2 heterocycles. The molecule has 0 aliphatic carbocycles. The van der Waals surface area contributed by atoms with Gasteiger partial charge in [0.25, 0.3) is 5.91 Å². The van der Waals surface area contributed by atoms with Crippen molar-refractivity contribution >= 4 is 23.0 Å². The van der Waals surface area contributed by atoms with Gasteiger partial charge in [-0.2, -0.15) is 0 Å². The molecular weight excluding hydrogens is 366 g/mol. The van der Waals surface area contributed by atoms with Crippen LogP contribution < -0.4 is 20.1 Å². The summed E-state index contributed by atoms with van der Waals surface area (Å²) in [6.07, 6.45) is 3.23. The fraction of sp³-hybridized carbons (Fsp3) is 0.217. The highest BCUT2D eigenvalue weighted by Crippen LogP contribution is 2.32. The third-order valence-electron chi connectivity index (χ3n) is 4.67. The van der Waals surface area contributed by atoms with Gasteiger partial charge in [0.15, 0.2) is 11.5 Å².